The molecule has 3 aliphatic rings. The zero-order valence-corrected chi connectivity index (χ0v) is 27.6. The van der Waals surface area contributed by atoms with Gasteiger partial charge in [0.15, 0.2) is 0 Å². The quantitative estimate of drug-likeness (QED) is 0.281. The third-order valence-corrected chi connectivity index (χ3v) is 9.81. The van der Waals surface area contributed by atoms with E-state index in [1.807, 2.05) is 43.5 Å². The lowest BCUT2D eigenvalue weighted by atomic mass is 9.79. The fraction of sp³-hybridized carbons (Fsp3) is 0.436. The third-order valence-electron chi connectivity index (χ3n) is 9.81. The lowest BCUT2D eigenvalue weighted by molar-refractivity contribution is -0.126. The summed E-state index contributed by atoms with van der Waals surface area (Å²) in [6.45, 7) is 10.2. The predicted octanol–water partition coefficient (Wildman–Crippen LogP) is 7.37. The van der Waals surface area contributed by atoms with Gasteiger partial charge in [-0.05, 0) is 99.3 Å². The van der Waals surface area contributed by atoms with Crippen LogP contribution < -0.4 is 5.32 Å². The highest BCUT2D eigenvalue weighted by atomic mass is 16.3. The number of aliphatic hydroxyl groups excluding tert-OH is 1. The van der Waals surface area contributed by atoms with Crippen molar-refractivity contribution in [2.45, 2.75) is 84.2 Å². The minimum atomic E-state index is -0.596. The number of nitrogens with one attached hydrogen (secondary N) is 1. The Balaban J connectivity index is 1.41. The van der Waals surface area contributed by atoms with Crippen molar-refractivity contribution in [1.29, 1.82) is 0 Å². The maximum Gasteiger partial charge on any atom is 0.230 e. The number of amides is 1. The van der Waals surface area contributed by atoms with Crippen LogP contribution in [0.1, 0.15) is 83.6 Å². The number of aryl methyl sites for hydroxylation is 1. The number of hydrogen-bond donors (Lipinski definition) is 2. The smallest absolute Gasteiger partial charge is 0.230 e. The normalized spacial score (nSPS) is 20.2. The van der Waals surface area contributed by atoms with Gasteiger partial charge in [0, 0.05) is 44.2 Å². The molecule has 1 aromatic heterocycles. The fourth-order valence-electron chi connectivity index (χ4n) is 6.79. The Bertz CT molecular complexity index is 1540. The van der Waals surface area contributed by atoms with Gasteiger partial charge in [0.25, 0.3) is 0 Å². The summed E-state index contributed by atoms with van der Waals surface area (Å²) in [5.41, 5.74) is 8.56. The maximum atomic E-state index is 13.5. The molecule has 2 N–H and O–H groups in total. The molecule has 3 heterocycles. The Morgan fingerprint density at radius 3 is 2.67 bits per heavy atom. The highest BCUT2D eigenvalue weighted by molar-refractivity contribution is 5.88. The molecule has 238 valence electrons. The molecule has 1 aliphatic carbocycles. The molecule has 6 nitrogen and oxygen atoms in total. The fourth-order valence-corrected chi connectivity index (χ4v) is 6.79. The number of carbonyl (C=O) groups is 1. The van der Waals surface area contributed by atoms with Gasteiger partial charge in [0.2, 0.25) is 5.91 Å². The van der Waals surface area contributed by atoms with Crippen LogP contribution >= 0.6 is 0 Å². The van der Waals surface area contributed by atoms with E-state index in [1.54, 1.807) is 0 Å². The number of allylic oxidation sites excluding steroid dienone is 4. The van der Waals surface area contributed by atoms with Crippen LogP contribution in [-0.2, 0) is 16.6 Å². The molecule has 45 heavy (non-hydrogen) atoms. The van der Waals surface area contributed by atoms with Crippen LogP contribution in [0.5, 0.6) is 0 Å². The molecule has 2 unspecified atom stereocenters. The van der Waals surface area contributed by atoms with E-state index in [0.717, 1.165) is 60.2 Å². The third kappa shape index (κ3) is 7.74. The van der Waals surface area contributed by atoms with Gasteiger partial charge in [-0.2, -0.15) is 0 Å². The molecule has 2 atom stereocenters. The monoisotopic (exact) mass is 606 g/mol. The SMILES string of the molecule is CCC(C)(C(=O)NCC1=CC(CO)=C(CN(CC2=C(C)C=C(C)CC=N2)C2CCCCc3cccn32)C=CC1)c1ccccc1. The first-order valence-corrected chi connectivity index (χ1v) is 16.6. The zero-order chi connectivity index (χ0) is 31.8. The van der Waals surface area contributed by atoms with E-state index >= 15 is 0 Å². The Labute approximate surface area is 269 Å². The second kappa shape index (κ2) is 15.0. The van der Waals surface area contributed by atoms with Crippen molar-refractivity contribution < 1.29 is 9.90 Å². The molecule has 0 fully saturated rings. The van der Waals surface area contributed by atoms with Crippen molar-refractivity contribution >= 4 is 12.1 Å². The lowest BCUT2D eigenvalue weighted by Crippen LogP contribution is -2.42. The molecule has 2 aliphatic heterocycles. The summed E-state index contributed by atoms with van der Waals surface area (Å²) in [5.74, 6) is 0.0269. The zero-order valence-electron chi connectivity index (χ0n) is 27.6. The van der Waals surface area contributed by atoms with Crippen molar-refractivity contribution in [3.8, 4) is 0 Å². The highest BCUT2D eigenvalue weighted by Crippen LogP contribution is 2.32. The van der Waals surface area contributed by atoms with E-state index in [4.69, 9.17) is 4.99 Å². The van der Waals surface area contributed by atoms with Gasteiger partial charge in [-0.15, -0.1) is 0 Å². The van der Waals surface area contributed by atoms with E-state index < -0.39 is 5.41 Å². The second-order valence-corrected chi connectivity index (χ2v) is 13.0. The molecule has 0 saturated heterocycles. The molecule has 1 aromatic carbocycles. The summed E-state index contributed by atoms with van der Waals surface area (Å²) in [6.07, 6.45) is 20.1. The Kier molecular flexibility index (Phi) is 10.9. The predicted molar refractivity (Wildman–Crippen MR) is 185 cm³/mol. The van der Waals surface area contributed by atoms with Gasteiger partial charge >= 0.3 is 0 Å². The largest absolute Gasteiger partial charge is 0.392 e. The standard InChI is InChI=1S/C39H50N4O2/c1-5-39(4,34-15-7-6-8-16-34)38(45)41-25-31-13-11-14-32(33(24-31)28-44)26-42(27-36-30(3)23-29(2)20-21-40-36)37-19-10-9-17-35-18-12-22-43(35)37/h6-8,11-12,14-16,18,21-24,37,44H,5,9-10,13,17,19-20,25-28H2,1-4H3,(H,41,45). The first kappa shape index (κ1) is 32.6. The van der Waals surface area contributed by atoms with Crippen molar-refractivity contribution in [3.05, 3.63) is 118 Å². The number of carbonyl (C=O) groups excluding carboxylic acids is 1. The van der Waals surface area contributed by atoms with Gasteiger partial charge in [-0.25, -0.2) is 0 Å². The first-order valence-electron chi connectivity index (χ1n) is 16.6. The summed E-state index contributed by atoms with van der Waals surface area (Å²) in [5, 5.41) is 13.9. The van der Waals surface area contributed by atoms with Gasteiger partial charge in [0.1, 0.15) is 0 Å². The molecule has 6 heteroatoms. The summed E-state index contributed by atoms with van der Waals surface area (Å²) in [7, 11) is 0. The molecule has 0 spiro atoms. The molecule has 0 bridgehead atoms. The summed E-state index contributed by atoms with van der Waals surface area (Å²) in [4.78, 5) is 20.9. The number of nitrogens with zero attached hydrogens (tertiary/aromatic N) is 3. The number of aliphatic imine (C=N–C) groups is 1. The first-order chi connectivity index (χ1) is 21.8. The Morgan fingerprint density at radius 2 is 1.89 bits per heavy atom. The minimum absolute atomic E-state index is 0.0269. The van der Waals surface area contributed by atoms with E-state index in [0.29, 0.717) is 19.5 Å². The van der Waals surface area contributed by atoms with Crippen LogP contribution in [0.2, 0.25) is 0 Å². The minimum Gasteiger partial charge on any atom is -0.392 e. The van der Waals surface area contributed by atoms with Gasteiger partial charge in [-0.1, -0.05) is 67.1 Å². The molecule has 1 amide bonds. The maximum absolute atomic E-state index is 13.5. The Hall–Kier alpha value is -3.74. The summed E-state index contributed by atoms with van der Waals surface area (Å²) in [6, 6.07) is 14.4. The number of hydrogen-bond acceptors (Lipinski definition) is 4. The number of aliphatic hydroxyl groups is 1. The van der Waals surface area contributed by atoms with E-state index in [2.05, 4.69) is 78.2 Å². The van der Waals surface area contributed by atoms with Crippen molar-refractivity contribution in [3.63, 3.8) is 0 Å². The van der Waals surface area contributed by atoms with E-state index in [-0.39, 0.29) is 18.7 Å². The average Bonchev–Trinajstić information content (AvgIpc) is 3.19. The van der Waals surface area contributed by atoms with E-state index in [9.17, 15) is 9.90 Å². The summed E-state index contributed by atoms with van der Waals surface area (Å²) >= 11 is 0. The van der Waals surface area contributed by atoms with Crippen molar-refractivity contribution in [2.24, 2.45) is 4.99 Å². The van der Waals surface area contributed by atoms with Gasteiger partial charge in [-0.3, -0.25) is 14.7 Å². The number of benzene rings is 1. The highest BCUT2D eigenvalue weighted by Gasteiger charge is 2.33. The molecule has 2 aromatic rings. The number of aromatic nitrogens is 1. The molecular weight excluding hydrogens is 556 g/mol. The molecular formula is C39H50N4O2. The van der Waals surface area contributed by atoms with Crippen LogP contribution in [0, 0.1) is 0 Å². The molecule has 0 radical (unpaired) electrons. The molecule has 5 rings (SSSR count). The molecule has 0 saturated carbocycles. The second-order valence-electron chi connectivity index (χ2n) is 13.0. The lowest BCUT2D eigenvalue weighted by Gasteiger charge is -2.34. The average molecular weight is 607 g/mol. The number of rotatable bonds is 11. The van der Waals surface area contributed by atoms with Crippen molar-refractivity contribution in [2.75, 3.05) is 26.2 Å². The topological polar surface area (TPSA) is 69.9 Å². The van der Waals surface area contributed by atoms with Crippen LogP contribution in [-0.4, -0.2) is 52.9 Å². The summed E-state index contributed by atoms with van der Waals surface area (Å²) < 4.78 is 2.46. The van der Waals surface area contributed by atoms with Gasteiger partial charge in [0.05, 0.1) is 23.9 Å². The van der Waals surface area contributed by atoms with E-state index in [1.165, 1.54) is 29.7 Å². The number of fused-ring (bicyclic) bond motifs is 1. The van der Waals surface area contributed by atoms with Crippen molar-refractivity contribution in [1.82, 2.24) is 14.8 Å². The Morgan fingerprint density at radius 1 is 1.07 bits per heavy atom. The van der Waals surface area contributed by atoms with Crippen LogP contribution in [0.4, 0.5) is 0 Å². The van der Waals surface area contributed by atoms with Crippen LogP contribution in [0.15, 0.2) is 112 Å². The van der Waals surface area contributed by atoms with Crippen LogP contribution in [0.25, 0.3) is 0 Å². The van der Waals surface area contributed by atoms with Crippen LogP contribution in [0.3, 0.4) is 0 Å². The van der Waals surface area contributed by atoms with Gasteiger partial charge < -0.3 is 15.0 Å².